The van der Waals surface area contributed by atoms with Crippen molar-refractivity contribution >= 4 is 39.5 Å². The van der Waals surface area contributed by atoms with Crippen LogP contribution in [-0.2, 0) is 16.2 Å². The van der Waals surface area contributed by atoms with Crippen molar-refractivity contribution in [2.75, 3.05) is 12.1 Å². The maximum absolute atomic E-state index is 13.5. The molecular formula is C24H18BrFN2O4. The van der Waals surface area contributed by atoms with E-state index in [1.54, 1.807) is 48.5 Å². The number of carbonyl (C=O) groups excluding carboxylic acids is 2. The predicted octanol–water partition coefficient (Wildman–Crippen LogP) is 4.64. The molecule has 0 spiro atoms. The lowest BCUT2D eigenvalue weighted by Gasteiger charge is -2.15. The van der Waals surface area contributed by atoms with E-state index in [0.29, 0.717) is 32.8 Å². The number of carbonyl (C=O) groups is 2. The predicted molar refractivity (Wildman–Crippen MR) is 121 cm³/mol. The van der Waals surface area contributed by atoms with E-state index in [0.717, 1.165) is 0 Å². The summed E-state index contributed by atoms with van der Waals surface area (Å²) in [6, 6.07) is 18.3. The molecule has 1 aliphatic heterocycles. The molecule has 1 N–H and O–H groups in total. The van der Waals surface area contributed by atoms with Crippen LogP contribution in [0.2, 0.25) is 0 Å². The normalized spacial score (nSPS) is 14.6. The maximum Gasteiger partial charge on any atom is 0.282 e. The molecule has 0 radical (unpaired) electrons. The van der Waals surface area contributed by atoms with Crippen molar-refractivity contribution in [2.24, 2.45) is 0 Å². The molecule has 162 valence electrons. The van der Waals surface area contributed by atoms with Gasteiger partial charge >= 0.3 is 0 Å². The smallest absolute Gasteiger partial charge is 0.282 e. The number of nitrogens with one attached hydrogen (secondary N) is 1. The molecule has 8 heteroatoms. The third kappa shape index (κ3) is 4.50. The van der Waals surface area contributed by atoms with Crippen LogP contribution in [0, 0.1) is 5.82 Å². The topological polar surface area (TPSA) is 67.9 Å². The molecule has 0 aromatic heterocycles. The molecule has 1 aliphatic rings. The standard InChI is InChI=1S/C24H18BrFN2O4/c1-31-21-13-17(25)11-16(22(21)32-14-15-6-5-7-18(26)10-15)12-20-23(29)27-28(24(20)30)19-8-3-2-4-9-19/h2-13H,14H2,1H3,(H,27,29)/b20-12-. The Labute approximate surface area is 192 Å². The Kier molecular flexibility index (Phi) is 6.23. The van der Waals surface area contributed by atoms with E-state index in [4.69, 9.17) is 9.47 Å². The largest absolute Gasteiger partial charge is 0.493 e. The minimum Gasteiger partial charge on any atom is -0.493 e. The summed E-state index contributed by atoms with van der Waals surface area (Å²) in [6.45, 7) is 0.0716. The number of anilines is 1. The van der Waals surface area contributed by atoms with Gasteiger partial charge in [0.05, 0.1) is 12.8 Å². The molecular weight excluding hydrogens is 479 g/mol. The van der Waals surface area contributed by atoms with Crippen LogP contribution in [0.4, 0.5) is 10.1 Å². The van der Waals surface area contributed by atoms with Gasteiger partial charge in [0.2, 0.25) is 0 Å². The minimum absolute atomic E-state index is 0.0513. The summed E-state index contributed by atoms with van der Waals surface area (Å²) in [5, 5.41) is 1.19. The number of ether oxygens (including phenoxy) is 2. The highest BCUT2D eigenvalue weighted by Crippen LogP contribution is 2.37. The molecule has 0 aliphatic carbocycles. The van der Waals surface area contributed by atoms with Crippen LogP contribution in [0.25, 0.3) is 6.08 Å². The summed E-state index contributed by atoms with van der Waals surface area (Å²) < 4.78 is 25.6. The molecule has 1 saturated heterocycles. The molecule has 1 fully saturated rings. The van der Waals surface area contributed by atoms with Gasteiger partial charge in [0.25, 0.3) is 11.8 Å². The molecule has 3 aromatic carbocycles. The van der Waals surface area contributed by atoms with Gasteiger partial charge in [-0.15, -0.1) is 0 Å². The van der Waals surface area contributed by atoms with E-state index in [1.165, 1.54) is 30.3 Å². The number of benzene rings is 3. The van der Waals surface area contributed by atoms with Gasteiger partial charge in [0.1, 0.15) is 18.0 Å². The number of rotatable bonds is 6. The first-order chi connectivity index (χ1) is 15.5. The number of hydrogen-bond donors (Lipinski definition) is 1. The van der Waals surface area contributed by atoms with Crippen molar-refractivity contribution in [3.63, 3.8) is 0 Å². The first kappa shape index (κ1) is 21.6. The lowest BCUT2D eigenvalue weighted by molar-refractivity contribution is -0.117. The van der Waals surface area contributed by atoms with E-state index in [9.17, 15) is 14.0 Å². The zero-order chi connectivity index (χ0) is 22.7. The molecule has 2 amide bonds. The number of halogens is 2. The average molecular weight is 497 g/mol. The van der Waals surface area contributed by atoms with Crippen molar-refractivity contribution in [2.45, 2.75) is 6.61 Å². The second-order valence-electron chi connectivity index (χ2n) is 6.92. The van der Waals surface area contributed by atoms with Gasteiger partial charge in [-0.3, -0.25) is 15.0 Å². The van der Waals surface area contributed by atoms with Crippen molar-refractivity contribution < 1.29 is 23.5 Å². The summed E-state index contributed by atoms with van der Waals surface area (Å²) in [4.78, 5) is 25.5. The van der Waals surface area contributed by atoms with Gasteiger partial charge in [-0.1, -0.05) is 46.3 Å². The third-order valence-electron chi connectivity index (χ3n) is 4.75. The van der Waals surface area contributed by atoms with Crippen molar-refractivity contribution in [1.82, 2.24) is 5.43 Å². The fraction of sp³-hybridized carbons (Fsp3) is 0.0833. The summed E-state index contributed by atoms with van der Waals surface area (Å²) in [7, 11) is 1.48. The lowest BCUT2D eigenvalue weighted by Crippen LogP contribution is -2.35. The molecule has 3 aromatic rings. The molecule has 0 unspecified atom stereocenters. The summed E-state index contributed by atoms with van der Waals surface area (Å²) in [6.07, 6.45) is 1.45. The molecule has 6 nitrogen and oxygen atoms in total. The first-order valence-electron chi connectivity index (χ1n) is 9.63. The number of para-hydroxylation sites is 1. The van der Waals surface area contributed by atoms with Crippen LogP contribution < -0.4 is 19.9 Å². The summed E-state index contributed by atoms with van der Waals surface area (Å²) in [5.74, 6) is -0.671. The summed E-state index contributed by atoms with van der Waals surface area (Å²) in [5.41, 5.74) is 4.14. The second-order valence-corrected chi connectivity index (χ2v) is 7.84. The van der Waals surface area contributed by atoms with E-state index >= 15 is 0 Å². The number of nitrogens with zero attached hydrogens (tertiary/aromatic N) is 1. The van der Waals surface area contributed by atoms with Gasteiger partial charge in [-0.2, -0.15) is 0 Å². The second kappa shape index (κ2) is 9.23. The van der Waals surface area contributed by atoms with Crippen LogP contribution in [0.3, 0.4) is 0 Å². The Morgan fingerprint density at radius 1 is 1.06 bits per heavy atom. The third-order valence-corrected chi connectivity index (χ3v) is 5.20. The Morgan fingerprint density at radius 3 is 2.56 bits per heavy atom. The average Bonchev–Trinajstić information content (AvgIpc) is 3.07. The van der Waals surface area contributed by atoms with Gasteiger partial charge in [0.15, 0.2) is 11.5 Å². The molecule has 1 heterocycles. The quantitative estimate of drug-likeness (QED) is 0.398. The molecule has 0 saturated carbocycles. The monoisotopic (exact) mass is 496 g/mol. The van der Waals surface area contributed by atoms with Gasteiger partial charge in [0, 0.05) is 10.0 Å². The molecule has 0 atom stereocenters. The maximum atomic E-state index is 13.5. The summed E-state index contributed by atoms with van der Waals surface area (Å²) >= 11 is 3.41. The SMILES string of the molecule is COc1cc(Br)cc(/C=C2/C(=O)NN(c3ccccc3)C2=O)c1OCc1cccc(F)c1. The number of hydrogen-bond acceptors (Lipinski definition) is 4. The fourth-order valence-electron chi connectivity index (χ4n) is 3.26. The zero-order valence-electron chi connectivity index (χ0n) is 17.0. The zero-order valence-corrected chi connectivity index (χ0v) is 18.6. The van der Waals surface area contributed by atoms with Gasteiger partial charge < -0.3 is 9.47 Å². The van der Waals surface area contributed by atoms with E-state index in [-0.39, 0.29) is 18.0 Å². The van der Waals surface area contributed by atoms with Gasteiger partial charge in [-0.25, -0.2) is 9.40 Å². The van der Waals surface area contributed by atoms with Crippen LogP contribution in [0.15, 0.2) is 76.8 Å². The van der Waals surface area contributed by atoms with E-state index in [1.807, 2.05) is 6.07 Å². The van der Waals surface area contributed by atoms with Crippen molar-refractivity contribution in [3.05, 3.63) is 93.7 Å². The Bertz CT molecular complexity index is 1210. The van der Waals surface area contributed by atoms with E-state index in [2.05, 4.69) is 21.4 Å². The highest BCUT2D eigenvalue weighted by atomic mass is 79.9. The van der Waals surface area contributed by atoms with Crippen molar-refractivity contribution in [1.29, 1.82) is 0 Å². The first-order valence-corrected chi connectivity index (χ1v) is 10.4. The van der Waals surface area contributed by atoms with Crippen LogP contribution in [0.1, 0.15) is 11.1 Å². The van der Waals surface area contributed by atoms with Crippen LogP contribution in [-0.4, -0.2) is 18.9 Å². The molecule has 4 rings (SSSR count). The highest BCUT2D eigenvalue weighted by molar-refractivity contribution is 9.10. The van der Waals surface area contributed by atoms with E-state index < -0.39 is 11.8 Å². The number of hydrazine groups is 1. The fourth-order valence-corrected chi connectivity index (χ4v) is 3.71. The van der Waals surface area contributed by atoms with Gasteiger partial charge in [-0.05, 0) is 48.0 Å². The Morgan fingerprint density at radius 2 is 1.84 bits per heavy atom. The Hall–Kier alpha value is -3.65. The molecule has 32 heavy (non-hydrogen) atoms. The van der Waals surface area contributed by atoms with Crippen LogP contribution >= 0.6 is 15.9 Å². The molecule has 0 bridgehead atoms. The lowest BCUT2D eigenvalue weighted by atomic mass is 10.1. The Balaban J connectivity index is 1.69. The minimum atomic E-state index is -0.533. The van der Waals surface area contributed by atoms with Crippen LogP contribution in [0.5, 0.6) is 11.5 Å². The van der Waals surface area contributed by atoms with Crippen molar-refractivity contribution in [3.8, 4) is 11.5 Å². The number of amides is 2. The number of methoxy groups -OCH3 is 1. The highest BCUT2D eigenvalue weighted by Gasteiger charge is 2.34.